The maximum absolute atomic E-state index is 12.4. The van der Waals surface area contributed by atoms with E-state index in [-0.39, 0.29) is 17.9 Å². The fourth-order valence-electron chi connectivity index (χ4n) is 4.12. The smallest absolute Gasteiger partial charge is 0.311 e. The summed E-state index contributed by atoms with van der Waals surface area (Å²) < 4.78 is 5.61. The molecule has 5 heteroatoms. The number of hydrogen-bond acceptors (Lipinski definition) is 3. The first-order valence-electron chi connectivity index (χ1n) is 7.74. The number of carbonyl (C=O) groups is 2. The van der Waals surface area contributed by atoms with Crippen molar-refractivity contribution in [2.75, 3.05) is 19.7 Å². The van der Waals surface area contributed by atoms with E-state index in [2.05, 4.69) is 0 Å². The standard InChI is InChI=1S/C15H23NO4/c17-13(8-12-5-1-2-7-20-12)16-9-11-4-3-6-15(11,10-16)14(18)19/h11-12H,1-10H2,(H,18,19)/t11-,12?,15+/m0/s1. The second kappa shape index (κ2) is 5.35. The summed E-state index contributed by atoms with van der Waals surface area (Å²) in [5.41, 5.74) is -0.664. The number of likely N-dealkylation sites (tertiary alicyclic amines) is 1. The lowest BCUT2D eigenvalue weighted by Gasteiger charge is -2.26. The molecule has 2 saturated heterocycles. The van der Waals surface area contributed by atoms with Crippen LogP contribution >= 0.6 is 0 Å². The molecule has 20 heavy (non-hydrogen) atoms. The van der Waals surface area contributed by atoms with Crippen LogP contribution in [-0.4, -0.2) is 47.7 Å². The molecule has 0 aromatic heterocycles. The lowest BCUT2D eigenvalue weighted by Crippen LogP contribution is -2.38. The summed E-state index contributed by atoms with van der Waals surface area (Å²) in [6.45, 7) is 1.77. The van der Waals surface area contributed by atoms with Gasteiger partial charge in [0.15, 0.2) is 0 Å². The zero-order chi connectivity index (χ0) is 14.2. The van der Waals surface area contributed by atoms with Gasteiger partial charge in [-0.05, 0) is 38.0 Å². The van der Waals surface area contributed by atoms with Crippen molar-refractivity contribution in [2.24, 2.45) is 11.3 Å². The Morgan fingerprint density at radius 1 is 1.25 bits per heavy atom. The number of carboxylic acids is 1. The summed E-state index contributed by atoms with van der Waals surface area (Å²) in [5, 5.41) is 9.53. The van der Waals surface area contributed by atoms with Gasteiger partial charge in [0.1, 0.15) is 0 Å². The third kappa shape index (κ3) is 2.32. The Labute approximate surface area is 119 Å². The van der Waals surface area contributed by atoms with Crippen molar-refractivity contribution < 1.29 is 19.4 Å². The van der Waals surface area contributed by atoms with Crippen LogP contribution in [-0.2, 0) is 14.3 Å². The van der Waals surface area contributed by atoms with Crippen LogP contribution < -0.4 is 0 Å². The Bertz CT molecular complexity index is 405. The molecule has 0 radical (unpaired) electrons. The maximum atomic E-state index is 12.4. The molecule has 3 fully saturated rings. The molecule has 0 spiro atoms. The molecule has 3 rings (SSSR count). The van der Waals surface area contributed by atoms with Gasteiger partial charge in [0.25, 0.3) is 0 Å². The molecular formula is C15H23NO4. The molecular weight excluding hydrogens is 258 g/mol. The highest BCUT2D eigenvalue weighted by atomic mass is 16.5. The predicted octanol–water partition coefficient (Wildman–Crippen LogP) is 1.66. The molecule has 5 nitrogen and oxygen atoms in total. The second-order valence-electron chi connectivity index (χ2n) is 6.52. The number of nitrogens with zero attached hydrogens (tertiary/aromatic N) is 1. The average molecular weight is 281 g/mol. The first-order chi connectivity index (χ1) is 9.62. The lowest BCUT2D eigenvalue weighted by atomic mass is 9.81. The molecule has 1 unspecified atom stereocenters. The Hall–Kier alpha value is -1.10. The lowest BCUT2D eigenvalue weighted by molar-refractivity contribution is -0.149. The molecule has 2 aliphatic heterocycles. The summed E-state index contributed by atoms with van der Waals surface area (Å²) >= 11 is 0. The Balaban J connectivity index is 1.61. The Morgan fingerprint density at radius 3 is 2.75 bits per heavy atom. The highest BCUT2D eigenvalue weighted by molar-refractivity contribution is 5.81. The van der Waals surface area contributed by atoms with Crippen molar-refractivity contribution in [3.63, 3.8) is 0 Å². The van der Waals surface area contributed by atoms with Gasteiger partial charge in [0, 0.05) is 19.7 Å². The van der Waals surface area contributed by atoms with E-state index in [0.29, 0.717) is 19.5 Å². The quantitative estimate of drug-likeness (QED) is 0.854. The number of carbonyl (C=O) groups excluding carboxylic acids is 1. The van der Waals surface area contributed by atoms with Crippen LogP contribution in [0.15, 0.2) is 0 Å². The van der Waals surface area contributed by atoms with Crippen LogP contribution in [0.5, 0.6) is 0 Å². The molecule has 0 aromatic carbocycles. The Morgan fingerprint density at radius 2 is 2.10 bits per heavy atom. The summed E-state index contributed by atoms with van der Waals surface area (Å²) in [7, 11) is 0. The summed E-state index contributed by atoms with van der Waals surface area (Å²) in [6, 6.07) is 0. The monoisotopic (exact) mass is 281 g/mol. The van der Waals surface area contributed by atoms with Gasteiger partial charge in [0.05, 0.1) is 17.9 Å². The van der Waals surface area contributed by atoms with Gasteiger partial charge >= 0.3 is 5.97 Å². The minimum Gasteiger partial charge on any atom is -0.481 e. The summed E-state index contributed by atoms with van der Waals surface area (Å²) in [4.78, 5) is 25.7. The number of carboxylic acid groups (broad SMARTS) is 1. The first kappa shape index (κ1) is 13.9. The van der Waals surface area contributed by atoms with Crippen molar-refractivity contribution in [3.8, 4) is 0 Å². The number of rotatable bonds is 3. The topological polar surface area (TPSA) is 66.8 Å². The number of amides is 1. The zero-order valence-electron chi connectivity index (χ0n) is 11.8. The van der Waals surface area contributed by atoms with Crippen molar-refractivity contribution in [3.05, 3.63) is 0 Å². The van der Waals surface area contributed by atoms with E-state index in [4.69, 9.17) is 4.74 Å². The third-order valence-corrected chi connectivity index (χ3v) is 5.33. The normalized spacial score (nSPS) is 36.9. The zero-order valence-corrected chi connectivity index (χ0v) is 11.8. The van der Waals surface area contributed by atoms with E-state index >= 15 is 0 Å². The van der Waals surface area contributed by atoms with E-state index < -0.39 is 11.4 Å². The largest absolute Gasteiger partial charge is 0.481 e. The predicted molar refractivity (Wildman–Crippen MR) is 72.2 cm³/mol. The fraction of sp³-hybridized carbons (Fsp3) is 0.867. The van der Waals surface area contributed by atoms with Crippen molar-refractivity contribution in [1.82, 2.24) is 4.90 Å². The van der Waals surface area contributed by atoms with Crippen LogP contribution in [0.25, 0.3) is 0 Å². The van der Waals surface area contributed by atoms with Crippen LogP contribution in [0.1, 0.15) is 44.9 Å². The molecule has 1 N–H and O–H groups in total. The van der Waals surface area contributed by atoms with E-state index in [9.17, 15) is 14.7 Å². The van der Waals surface area contributed by atoms with Crippen molar-refractivity contribution in [2.45, 2.75) is 51.0 Å². The summed E-state index contributed by atoms with van der Waals surface area (Å²) in [5.74, 6) is -0.493. The van der Waals surface area contributed by atoms with Gasteiger partial charge in [-0.2, -0.15) is 0 Å². The van der Waals surface area contributed by atoms with E-state index in [0.717, 1.165) is 45.1 Å². The number of aliphatic carboxylic acids is 1. The number of fused-ring (bicyclic) bond motifs is 1. The van der Waals surface area contributed by atoms with Crippen molar-refractivity contribution in [1.29, 1.82) is 0 Å². The van der Waals surface area contributed by atoms with Gasteiger partial charge in [-0.15, -0.1) is 0 Å². The SMILES string of the molecule is O=C(CC1CCCCO1)N1C[C@@H]2CCC[C@@]2(C(=O)O)C1. The Kier molecular flexibility index (Phi) is 3.71. The molecule has 0 bridgehead atoms. The minimum absolute atomic E-state index is 0.0393. The van der Waals surface area contributed by atoms with Crippen LogP contribution in [0.3, 0.4) is 0 Å². The number of ether oxygens (including phenoxy) is 1. The highest BCUT2D eigenvalue weighted by Crippen LogP contribution is 2.49. The van der Waals surface area contributed by atoms with Gasteiger partial charge in [-0.25, -0.2) is 0 Å². The van der Waals surface area contributed by atoms with Gasteiger partial charge in [-0.1, -0.05) is 6.42 Å². The molecule has 1 amide bonds. The molecule has 2 heterocycles. The van der Waals surface area contributed by atoms with Gasteiger partial charge in [0.2, 0.25) is 5.91 Å². The summed E-state index contributed by atoms with van der Waals surface area (Å²) in [6.07, 6.45) is 6.25. The second-order valence-corrected chi connectivity index (χ2v) is 6.52. The highest BCUT2D eigenvalue weighted by Gasteiger charge is 2.55. The molecule has 1 aliphatic carbocycles. The fourth-order valence-corrected chi connectivity index (χ4v) is 4.12. The number of hydrogen-bond donors (Lipinski definition) is 1. The van der Waals surface area contributed by atoms with Crippen molar-refractivity contribution >= 4 is 11.9 Å². The van der Waals surface area contributed by atoms with Crippen LogP contribution in [0, 0.1) is 11.3 Å². The average Bonchev–Trinajstić information content (AvgIpc) is 2.97. The first-order valence-corrected chi connectivity index (χ1v) is 7.74. The van der Waals surface area contributed by atoms with Gasteiger partial charge < -0.3 is 14.7 Å². The van der Waals surface area contributed by atoms with Crippen LogP contribution in [0.4, 0.5) is 0 Å². The molecule has 3 atom stereocenters. The van der Waals surface area contributed by atoms with E-state index in [1.54, 1.807) is 4.90 Å². The molecule has 3 aliphatic rings. The molecule has 112 valence electrons. The van der Waals surface area contributed by atoms with E-state index in [1.807, 2.05) is 0 Å². The van der Waals surface area contributed by atoms with Crippen LogP contribution in [0.2, 0.25) is 0 Å². The van der Waals surface area contributed by atoms with E-state index in [1.165, 1.54) is 0 Å². The third-order valence-electron chi connectivity index (χ3n) is 5.33. The molecule has 0 aromatic rings. The maximum Gasteiger partial charge on any atom is 0.311 e. The molecule has 1 saturated carbocycles. The minimum atomic E-state index is -0.718. The van der Waals surface area contributed by atoms with Gasteiger partial charge in [-0.3, -0.25) is 9.59 Å².